The van der Waals surface area contributed by atoms with Crippen LogP contribution in [-0.2, 0) is 9.53 Å². The van der Waals surface area contributed by atoms with Gasteiger partial charge in [0.25, 0.3) is 0 Å². The van der Waals surface area contributed by atoms with Crippen molar-refractivity contribution in [3.63, 3.8) is 0 Å². The Kier molecular flexibility index (Phi) is 2.49. The molecule has 0 saturated heterocycles. The van der Waals surface area contributed by atoms with Gasteiger partial charge in [0.2, 0.25) is 0 Å². The zero-order valence-corrected chi connectivity index (χ0v) is 8.03. The molecule has 0 spiro atoms. The molecular weight excluding hydrogens is 164 g/mol. The Labute approximate surface area is 79.0 Å². The lowest BCUT2D eigenvalue weighted by Crippen LogP contribution is -2.12. The molecular formula is C11H16O2. The van der Waals surface area contributed by atoms with Crippen molar-refractivity contribution in [3.8, 4) is 0 Å². The van der Waals surface area contributed by atoms with Crippen LogP contribution in [0.3, 0.4) is 0 Å². The van der Waals surface area contributed by atoms with Gasteiger partial charge in [-0.3, -0.25) is 4.79 Å². The molecule has 2 nitrogen and oxygen atoms in total. The van der Waals surface area contributed by atoms with Crippen molar-refractivity contribution in [2.45, 2.75) is 19.8 Å². The fraction of sp³-hybridized carbons (Fsp3) is 0.727. The molecule has 2 aliphatic rings. The highest BCUT2D eigenvalue weighted by molar-refractivity contribution is 5.91. The van der Waals surface area contributed by atoms with E-state index < -0.39 is 0 Å². The normalized spacial score (nSPS) is 36.1. The third-order valence-electron chi connectivity index (χ3n) is 3.15. The number of carbonyl (C=O) groups is 1. The maximum Gasteiger partial charge on any atom is 0.146 e. The van der Waals surface area contributed by atoms with E-state index in [-0.39, 0.29) is 11.8 Å². The van der Waals surface area contributed by atoms with Crippen LogP contribution in [0.2, 0.25) is 0 Å². The van der Waals surface area contributed by atoms with Crippen molar-refractivity contribution in [2.24, 2.45) is 17.8 Å². The fourth-order valence-corrected chi connectivity index (χ4v) is 2.42. The predicted octanol–water partition coefficient (Wildman–Crippen LogP) is 1.80. The number of fused-ring (bicyclic) bond motifs is 2. The van der Waals surface area contributed by atoms with E-state index in [4.69, 9.17) is 4.74 Å². The molecule has 0 aromatic heterocycles. The number of hydrogen-bond acceptors (Lipinski definition) is 2. The van der Waals surface area contributed by atoms with E-state index in [1.807, 2.05) is 6.92 Å². The zero-order valence-electron chi connectivity index (χ0n) is 8.03. The second-order valence-electron chi connectivity index (χ2n) is 3.90. The van der Waals surface area contributed by atoms with Gasteiger partial charge >= 0.3 is 0 Å². The van der Waals surface area contributed by atoms with Gasteiger partial charge in [-0.1, -0.05) is 12.2 Å². The minimum absolute atomic E-state index is 0.227. The van der Waals surface area contributed by atoms with Crippen LogP contribution in [0, 0.1) is 17.8 Å². The first-order valence-corrected chi connectivity index (χ1v) is 5.12. The topological polar surface area (TPSA) is 26.3 Å². The van der Waals surface area contributed by atoms with Crippen molar-refractivity contribution >= 4 is 5.78 Å². The van der Waals surface area contributed by atoms with Crippen LogP contribution >= 0.6 is 0 Å². The molecule has 0 heterocycles. The summed E-state index contributed by atoms with van der Waals surface area (Å²) in [7, 11) is 0. The minimum Gasteiger partial charge on any atom is -0.382 e. The summed E-state index contributed by atoms with van der Waals surface area (Å²) in [5.41, 5.74) is 0. The van der Waals surface area contributed by atoms with Gasteiger partial charge < -0.3 is 4.74 Å². The Bertz CT molecular complexity index is 232. The molecule has 2 heteroatoms. The average molecular weight is 180 g/mol. The molecule has 72 valence electrons. The van der Waals surface area contributed by atoms with E-state index >= 15 is 0 Å². The Morgan fingerprint density at radius 1 is 1.54 bits per heavy atom. The lowest BCUT2D eigenvalue weighted by atomic mass is 9.91. The molecule has 0 aromatic carbocycles. The van der Waals surface area contributed by atoms with E-state index in [1.54, 1.807) is 0 Å². The Balaban J connectivity index is 1.83. The Hall–Kier alpha value is -0.630. The summed E-state index contributed by atoms with van der Waals surface area (Å²) in [6.45, 7) is 3.60. The predicted molar refractivity (Wildman–Crippen MR) is 50.3 cm³/mol. The van der Waals surface area contributed by atoms with Gasteiger partial charge in [-0.05, 0) is 25.7 Å². The molecule has 2 bridgehead atoms. The van der Waals surface area contributed by atoms with Gasteiger partial charge in [0.15, 0.2) is 0 Å². The van der Waals surface area contributed by atoms with E-state index in [0.717, 1.165) is 26.1 Å². The van der Waals surface area contributed by atoms with Gasteiger partial charge in [-0.2, -0.15) is 0 Å². The van der Waals surface area contributed by atoms with Crippen LogP contribution in [0.4, 0.5) is 0 Å². The first-order valence-electron chi connectivity index (χ1n) is 5.12. The van der Waals surface area contributed by atoms with Crippen LogP contribution in [0.5, 0.6) is 0 Å². The third-order valence-corrected chi connectivity index (χ3v) is 3.15. The standard InChI is InChI=1S/C11H16O2/c1-2-13-6-5-8-7-9-3-4-10(8)11(9)12/h3-4,8-10H,2,5-7H2,1H3. The Morgan fingerprint density at radius 2 is 2.38 bits per heavy atom. The minimum atomic E-state index is 0.227. The van der Waals surface area contributed by atoms with Gasteiger partial charge in [-0.15, -0.1) is 0 Å². The fourth-order valence-electron chi connectivity index (χ4n) is 2.42. The summed E-state index contributed by atoms with van der Waals surface area (Å²) in [5, 5.41) is 0. The molecule has 0 radical (unpaired) electrons. The first kappa shape index (κ1) is 8.95. The molecule has 2 rings (SSSR count). The summed E-state index contributed by atoms with van der Waals surface area (Å²) >= 11 is 0. The molecule has 0 amide bonds. The number of rotatable bonds is 4. The summed E-state index contributed by atoms with van der Waals surface area (Å²) in [5.74, 6) is 1.48. The average Bonchev–Trinajstić information content (AvgIpc) is 2.62. The third kappa shape index (κ3) is 1.55. The summed E-state index contributed by atoms with van der Waals surface area (Å²) in [6.07, 6.45) is 6.27. The first-order chi connectivity index (χ1) is 6.33. The molecule has 1 fully saturated rings. The number of carbonyl (C=O) groups excluding carboxylic acids is 1. The van der Waals surface area contributed by atoms with Gasteiger partial charge in [0.05, 0.1) is 0 Å². The zero-order chi connectivity index (χ0) is 9.26. The van der Waals surface area contributed by atoms with Crippen LogP contribution in [0.25, 0.3) is 0 Å². The summed E-state index contributed by atoms with van der Waals surface area (Å²) in [6, 6.07) is 0. The molecule has 0 aromatic rings. The molecule has 1 saturated carbocycles. The lowest BCUT2D eigenvalue weighted by Gasteiger charge is -2.15. The molecule has 0 N–H and O–H groups in total. The van der Waals surface area contributed by atoms with Crippen molar-refractivity contribution < 1.29 is 9.53 Å². The highest BCUT2D eigenvalue weighted by Gasteiger charge is 2.42. The Morgan fingerprint density at radius 3 is 2.92 bits per heavy atom. The second-order valence-corrected chi connectivity index (χ2v) is 3.90. The van der Waals surface area contributed by atoms with E-state index in [9.17, 15) is 4.79 Å². The number of ether oxygens (including phenoxy) is 1. The van der Waals surface area contributed by atoms with E-state index in [1.165, 1.54) is 0 Å². The van der Waals surface area contributed by atoms with Crippen molar-refractivity contribution in [2.75, 3.05) is 13.2 Å². The van der Waals surface area contributed by atoms with Crippen molar-refractivity contribution in [1.82, 2.24) is 0 Å². The van der Waals surface area contributed by atoms with Crippen LogP contribution in [0.15, 0.2) is 12.2 Å². The maximum absolute atomic E-state index is 11.5. The molecule has 13 heavy (non-hydrogen) atoms. The number of hydrogen-bond donors (Lipinski definition) is 0. The van der Waals surface area contributed by atoms with Crippen LogP contribution < -0.4 is 0 Å². The summed E-state index contributed by atoms with van der Waals surface area (Å²) < 4.78 is 5.30. The number of allylic oxidation sites excluding steroid dienone is 2. The van der Waals surface area contributed by atoms with Gasteiger partial charge in [0.1, 0.15) is 5.78 Å². The van der Waals surface area contributed by atoms with Crippen LogP contribution in [-0.4, -0.2) is 19.0 Å². The second kappa shape index (κ2) is 3.62. The van der Waals surface area contributed by atoms with Crippen molar-refractivity contribution in [3.05, 3.63) is 12.2 Å². The van der Waals surface area contributed by atoms with E-state index in [0.29, 0.717) is 11.7 Å². The number of Topliss-reactive ketones (excluding diaryl/α,β-unsaturated/α-hetero) is 1. The molecule has 0 aliphatic heterocycles. The highest BCUT2D eigenvalue weighted by atomic mass is 16.5. The van der Waals surface area contributed by atoms with Crippen LogP contribution in [0.1, 0.15) is 19.8 Å². The maximum atomic E-state index is 11.5. The SMILES string of the molecule is CCOCCC1CC2C=CC1C2=O. The highest BCUT2D eigenvalue weighted by Crippen LogP contribution is 2.41. The lowest BCUT2D eigenvalue weighted by molar-refractivity contribution is -0.121. The largest absolute Gasteiger partial charge is 0.382 e. The molecule has 3 unspecified atom stereocenters. The number of ketones is 1. The quantitative estimate of drug-likeness (QED) is 0.487. The van der Waals surface area contributed by atoms with Crippen molar-refractivity contribution in [1.29, 1.82) is 0 Å². The van der Waals surface area contributed by atoms with Gasteiger partial charge in [0, 0.05) is 25.0 Å². The van der Waals surface area contributed by atoms with E-state index in [2.05, 4.69) is 12.2 Å². The van der Waals surface area contributed by atoms with Gasteiger partial charge in [-0.25, -0.2) is 0 Å². The smallest absolute Gasteiger partial charge is 0.146 e. The molecule has 3 atom stereocenters. The monoisotopic (exact) mass is 180 g/mol. The molecule has 2 aliphatic carbocycles. The summed E-state index contributed by atoms with van der Waals surface area (Å²) in [4.78, 5) is 11.5.